The Morgan fingerprint density at radius 2 is 2.10 bits per heavy atom. The van der Waals surface area contributed by atoms with Crippen molar-refractivity contribution in [1.82, 2.24) is 10.3 Å². The number of hydrogen-bond acceptors (Lipinski definition) is 5. The lowest BCUT2D eigenvalue weighted by molar-refractivity contribution is 0.0950. The maximum absolute atomic E-state index is 12.1. The molecule has 6 heteroatoms. The van der Waals surface area contributed by atoms with Crippen LogP contribution in [0.25, 0.3) is 10.6 Å². The highest BCUT2D eigenvalue weighted by Crippen LogP contribution is 2.27. The first-order valence-corrected chi connectivity index (χ1v) is 7.88. The summed E-state index contributed by atoms with van der Waals surface area (Å²) in [6.07, 6.45) is 2.14. The van der Waals surface area contributed by atoms with E-state index in [1.807, 2.05) is 29.0 Å². The molecule has 3 aromatic heterocycles. The standard InChI is InChI=1S/C14H12N2O2S2/c17-14(15-6-5-10-3-1-7-19-10)12-13(18-9-16-12)11-4-2-8-20-11/h1-4,7-9H,5-6H2,(H,15,17). The lowest BCUT2D eigenvalue weighted by Crippen LogP contribution is -2.26. The van der Waals surface area contributed by atoms with Gasteiger partial charge in [0.2, 0.25) is 0 Å². The fraction of sp³-hybridized carbons (Fsp3) is 0.143. The second-order valence-electron chi connectivity index (χ2n) is 4.09. The zero-order valence-electron chi connectivity index (χ0n) is 10.5. The van der Waals surface area contributed by atoms with Gasteiger partial charge in [0.15, 0.2) is 17.8 Å². The van der Waals surface area contributed by atoms with Crippen LogP contribution in [0.1, 0.15) is 15.4 Å². The first-order chi connectivity index (χ1) is 9.84. The molecule has 0 saturated carbocycles. The molecule has 1 amide bonds. The highest BCUT2D eigenvalue weighted by atomic mass is 32.1. The quantitative estimate of drug-likeness (QED) is 0.785. The van der Waals surface area contributed by atoms with Crippen LogP contribution in [0.5, 0.6) is 0 Å². The summed E-state index contributed by atoms with van der Waals surface area (Å²) in [7, 11) is 0. The number of rotatable bonds is 5. The van der Waals surface area contributed by atoms with Gasteiger partial charge in [0, 0.05) is 11.4 Å². The maximum atomic E-state index is 12.1. The van der Waals surface area contributed by atoms with Gasteiger partial charge < -0.3 is 9.73 Å². The van der Waals surface area contributed by atoms with Gasteiger partial charge in [0.25, 0.3) is 5.91 Å². The number of oxazole rings is 1. The van der Waals surface area contributed by atoms with Crippen LogP contribution in [0.3, 0.4) is 0 Å². The zero-order chi connectivity index (χ0) is 13.8. The number of nitrogens with one attached hydrogen (secondary N) is 1. The van der Waals surface area contributed by atoms with Crippen molar-refractivity contribution in [3.63, 3.8) is 0 Å². The highest BCUT2D eigenvalue weighted by molar-refractivity contribution is 7.13. The second kappa shape index (κ2) is 6.02. The van der Waals surface area contributed by atoms with Gasteiger partial charge >= 0.3 is 0 Å². The number of amides is 1. The normalized spacial score (nSPS) is 10.6. The molecule has 0 saturated heterocycles. The molecule has 4 nitrogen and oxygen atoms in total. The Hall–Kier alpha value is -1.92. The molecular weight excluding hydrogens is 292 g/mol. The van der Waals surface area contributed by atoms with E-state index in [1.165, 1.54) is 22.6 Å². The van der Waals surface area contributed by atoms with Crippen LogP contribution >= 0.6 is 22.7 Å². The summed E-state index contributed by atoms with van der Waals surface area (Å²) in [5.41, 5.74) is 0.346. The predicted molar refractivity (Wildman–Crippen MR) is 80.2 cm³/mol. The smallest absolute Gasteiger partial charge is 0.273 e. The van der Waals surface area contributed by atoms with E-state index in [1.54, 1.807) is 11.3 Å². The molecular formula is C14H12N2O2S2. The average Bonchev–Trinajstić information content (AvgIpc) is 3.19. The lowest BCUT2D eigenvalue weighted by atomic mass is 10.2. The van der Waals surface area contributed by atoms with Crippen LogP contribution in [0, 0.1) is 0 Å². The van der Waals surface area contributed by atoms with Gasteiger partial charge in [-0.05, 0) is 29.3 Å². The van der Waals surface area contributed by atoms with E-state index in [-0.39, 0.29) is 5.91 Å². The summed E-state index contributed by atoms with van der Waals surface area (Å²) in [4.78, 5) is 18.3. The first kappa shape index (κ1) is 13.1. The number of nitrogens with zero attached hydrogens (tertiary/aromatic N) is 1. The SMILES string of the molecule is O=C(NCCc1cccs1)c1ncoc1-c1cccs1. The molecule has 0 aliphatic carbocycles. The van der Waals surface area contributed by atoms with Gasteiger partial charge in [-0.2, -0.15) is 0 Å². The van der Waals surface area contributed by atoms with Crippen LogP contribution in [0.15, 0.2) is 45.8 Å². The largest absolute Gasteiger partial charge is 0.442 e. The topological polar surface area (TPSA) is 55.1 Å². The summed E-state index contributed by atoms with van der Waals surface area (Å²) in [5.74, 6) is 0.340. The first-order valence-electron chi connectivity index (χ1n) is 6.12. The van der Waals surface area contributed by atoms with Crippen LogP contribution < -0.4 is 5.32 Å². The minimum absolute atomic E-state index is 0.196. The number of carbonyl (C=O) groups excluding carboxylic acids is 1. The molecule has 3 heterocycles. The van der Waals surface area contributed by atoms with Crippen molar-refractivity contribution >= 4 is 28.6 Å². The van der Waals surface area contributed by atoms with E-state index in [2.05, 4.69) is 16.4 Å². The van der Waals surface area contributed by atoms with E-state index in [0.717, 1.165) is 11.3 Å². The third kappa shape index (κ3) is 2.81. The minimum atomic E-state index is -0.196. The molecule has 1 N–H and O–H groups in total. The molecule has 3 rings (SSSR count). The maximum Gasteiger partial charge on any atom is 0.273 e. The molecule has 0 fully saturated rings. The van der Waals surface area contributed by atoms with Crippen molar-refractivity contribution in [2.75, 3.05) is 6.54 Å². The second-order valence-corrected chi connectivity index (χ2v) is 6.07. The summed E-state index contributed by atoms with van der Waals surface area (Å²) < 4.78 is 5.32. The molecule has 0 bridgehead atoms. The van der Waals surface area contributed by atoms with Crippen molar-refractivity contribution in [1.29, 1.82) is 0 Å². The van der Waals surface area contributed by atoms with E-state index in [0.29, 0.717) is 18.0 Å². The van der Waals surface area contributed by atoms with Crippen LogP contribution in [0.2, 0.25) is 0 Å². The monoisotopic (exact) mass is 304 g/mol. The number of thiophene rings is 2. The Morgan fingerprint density at radius 1 is 1.25 bits per heavy atom. The molecule has 0 spiro atoms. The van der Waals surface area contributed by atoms with Gasteiger partial charge in [-0.15, -0.1) is 22.7 Å². The number of aromatic nitrogens is 1. The molecule has 0 atom stereocenters. The molecule has 0 radical (unpaired) electrons. The van der Waals surface area contributed by atoms with Gasteiger partial charge in [0.05, 0.1) is 4.88 Å². The van der Waals surface area contributed by atoms with Gasteiger partial charge in [-0.1, -0.05) is 12.1 Å². The summed E-state index contributed by atoms with van der Waals surface area (Å²) in [6, 6.07) is 7.90. The van der Waals surface area contributed by atoms with Crippen LogP contribution in [0.4, 0.5) is 0 Å². The predicted octanol–water partition coefficient (Wildman–Crippen LogP) is 3.44. The highest BCUT2D eigenvalue weighted by Gasteiger charge is 2.18. The molecule has 0 aliphatic rings. The van der Waals surface area contributed by atoms with E-state index >= 15 is 0 Å². The zero-order valence-corrected chi connectivity index (χ0v) is 12.2. The third-order valence-corrected chi connectivity index (χ3v) is 4.57. The van der Waals surface area contributed by atoms with Crippen molar-refractivity contribution in [3.8, 4) is 10.6 Å². The Kier molecular flexibility index (Phi) is 3.94. The van der Waals surface area contributed by atoms with Gasteiger partial charge in [0.1, 0.15) is 0 Å². The molecule has 102 valence electrons. The van der Waals surface area contributed by atoms with Gasteiger partial charge in [-0.25, -0.2) is 4.98 Å². The molecule has 0 aliphatic heterocycles. The van der Waals surface area contributed by atoms with Crippen molar-refractivity contribution in [2.24, 2.45) is 0 Å². The van der Waals surface area contributed by atoms with Crippen LogP contribution in [-0.4, -0.2) is 17.4 Å². The van der Waals surface area contributed by atoms with E-state index in [4.69, 9.17) is 4.42 Å². The fourth-order valence-electron chi connectivity index (χ4n) is 1.83. The van der Waals surface area contributed by atoms with Crippen LogP contribution in [-0.2, 0) is 6.42 Å². The number of hydrogen-bond donors (Lipinski definition) is 1. The summed E-state index contributed by atoms with van der Waals surface area (Å²) >= 11 is 3.21. The molecule has 0 aromatic carbocycles. The molecule has 0 unspecified atom stereocenters. The van der Waals surface area contributed by atoms with Crippen molar-refractivity contribution in [2.45, 2.75) is 6.42 Å². The average molecular weight is 304 g/mol. The molecule has 20 heavy (non-hydrogen) atoms. The Morgan fingerprint density at radius 3 is 2.85 bits per heavy atom. The minimum Gasteiger partial charge on any atom is -0.442 e. The summed E-state index contributed by atoms with van der Waals surface area (Å²) in [6.45, 7) is 0.593. The third-order valence-electron chi connectivity index (χ3n) is 2.76. The molecule has 3 aromatic rings. The fourth-order valence-corrected chi connectivity index (χ4v) is 3.25. The lowest BCUT2D eigenvalue weighted by Gasteiger charge is -2.02. The van der Waals surface area contributed by atoms with E-state index < -0.39 is 0 Å². The Labute approximate surface area is 124 Å². The summed E-state index contributed by atoms with van der Waals surface area (Å²) in [5, 5.41) is 6.85. The van der Waals surface area contributed by atoms with Gasteiger partial charge in [-0.3, -0.25) is 4.79 Å². The van der Waals surface area contributed by atoms with Crippen molar-refractivity contribution < 1.29 is 9.21 Å². The van der Waals surface area contributed by atoms with E-state index in [9.17, 15) is 4.79 Å². The Balaban J connectivity index is 1.64. The Bertz CT molecular complexity index is 672. The number of carbonyl (C=O) groups is 1. The van der Waals surface area contributed by atoms with Crippen molar-refractivity contribution in [3.05, 3.63) is 52.0 Å².